The maximum Gasteiger partial charge on any atom is 0.326 e. The van der Waals surface area contributed by atoms with Crippen molar-refractivity contribution in [3.05, 3.63) is 56.2 Å². The van der Waals surface area contributed by atoms with Crippen molar-refractivity contribution >= 4 is 29.0 Å². The standard InChI is InChI=1S/C24H25N7O4S/c1-12-10-30(11-13(2)35-12)23(33)19-6-5-18(36-19)16-8-20(26-15-3-4-15)31-21(27-16)14(9-25-31)7-17-22(32)29-24(34)28-17/h5-9,12-13,15,32H,3-4,10-11H2,1-2H3,(H2,28,29,34)/b14-7-,26-20?. The number of aromatic hydroxyl groups is 1. The summed E-state index contributed by atoms with van der Waals surface area (Å²) in [4.78, 5) is 42.5. The van der Waals surface area contributed by atoms with E-state index in [1.165, 1.54) is 11.3 Å². The van der Waals surface area contributed by atoms with Crippen molar-refractivity contribution in [1.29, 1.82) is 0 Å². The van der Waals surface area contributed by atoms with E-state index in [0.29, 0.717) is 40.0 Å². The van der Waals surface area contributed by atoms with Gasteiger partial charge in [0.05, 0.1) is 39.9 Å². The predicted octanol–water partition coefficient (Wildman–Crippen LogP) is 1.04. The maximum atomic E-state index is 13.2. The third-order valence-corrected chi connectivity index (χ3v) is 7.25. The number of hydrogen-bond donors (Lipinski definition) is 3. The van der Waals surface area contributed by atoms with Gasteiger partial charge in [-0.2, -0.15) is 9.61 Å². The zero-order valence-electron chi connectivity index (χ0n) is 19.8. The van der Waals surface area contributed by atoms with Gasteiger partial charge in [-0.05, 0) is 44.9 Å². The van der Waals surface area contributed by atoms with Crippen LogP contribution in [0.4, 0.5) is 0 Å². The number of fused-ring (bicyclic) bond motifs is 1. The minimum absolute atomic E-state index is 0.00117. The second-order valence-corrected chi connectivity index (χ2v) is 10.4. The van der Waals surface area contributed by atoms with Crippen molar-refractivity contribution in [1.82, 2.24) is 29.5 Å². The average Bonchev–Trinajstić information content (AvgIpc) is 3.22. The number of morpholine rings is 1. The number of H-pyrrole nitrogens is 2. The first-order valence-corrected chi connectivity index (χ1v) is 12.7. The smallest absolute Gasteiger partial charge is 0.326 e. The third kappa shape index (κ3) is 4.33. The molecule has 0 bridgehead atoms. The topological polar surface area (TPSA) is 141 Å². The fourth-order valence-electron chi connectivity index (χ4n) is 4.41. The number of aromatic nitrogens is 5. The Kier molecular flexibility index (Phi) is 5.49. The van der Waals surface area contributed by atoms with Gasteiger partial charge in [-0.15, -0.1) is 11.3 Å². The molecule has 0 radical (unpaired) electrons. The summed E-state index contributed by atoms with van der Waals surface area (Å²) < 4.78 is 7.42. The number of rotatable bonds is 4. The Morgan fingerprint density at radius 1 is 1.25 bits per heavy atom. The van der Waals surface area contributed by atoms with E-state index in [4.69, 9.17) is 14.7 Å². The van der Waals surface area contributed by atoms with Crippen LogP contribution in [0.25, 0.3) is 22.3 Å². The van der Waals surface area contributed by atoms with Gasteiger partial charge >= 0.3 is 5.69 Å². The molecule has 4 aromatic heterocycles. The summed E-state index contributed by atoms with van der Waals surface area (Å²) >= 11 is 1.39. The first kappa shape index (κ1) is 22.7. The van der Waals surface area contributed by atoms with Crippen LogP contribution in [0.1, 0.15) is 42.1 Å². The molecule has 1 aliphatic carbocycles. The Morgan fingerprint density at radius 2 is 2.03 bits per heavy atom. The molecule has 2 unspecified atom stereocenters. The van der Waals surface area contributed by atoms with Crippen LogP contribution in [-0.2, 0) is 4.74 Å². The molecule has 1 saturated carbocycles. The molecule has 2 aliphatic rings. The van der Waals surface area contributed by atoms with Crippen LogP contribution in [0.2, 0.25) is 0 Å². The molecule has 3 N–H and O–H groups in total. The van der Waals surface area contributed by atoms with Gasteiger partial charge in [0.25, 0.3) is 5.91 Å². The molecule has 1 amide bonds. The zero-order valence-corrected chi connectivity index (χ0v) is 20.6. The van der Waals surface area contributed by atoms with Crippen molar-refractivity contribution in [3.63, 3.8) is 0 Å². The highest BCUT2D eigenvalue weighted by Crippen LogP contribution is 2.28. The number of amides is 1. The highest BCUT2D eigenvalue weighted by Gasteiger charge is 2.27. The lowest BCUT2D eigenvalue weighted by molar-refractivity contribution is -0.0585. The monoisotopic (exact) mass is 507 g/mol. The lowest BCUT2D eigenvalue weighted by Gasteiger charge is -2.35. The average molecular weight is 508 g/mol. The van der Waals surface area contributed by atoms with Crippen LogP contribution < -0.4 is 16.4 Å². The van der Waals surface area contributed by atoms with Gasteiger partial charge in [-0.25, -0.2) is 9.78 Å². The second kappa shape index (κ2) is 8.71. The highest BCUT2D eigenvalue weighted by molar-refractivity contribution is 7.17. The van der Waals surface area contributed by atoms with Crippen LogP contribution in [0.15, 0.2) is 34.2 Å². The summed E-state index contributed by atoms with van der Waals surface area (Å²) in [7, 11) is 0. The van der Waals surface area contributed by atoms with E-state index < -0.39 is 5.69 Å². The summed E-state index contributed by atoms with van der Waals surface area (Å²) in [6.45, 7) is 5.08. The number of ether oxygens (including phenoxy) is 1. The third-order valence-electron chi connectivity index (χ3n) is 6.15. The van der Waals surface area contributed by atoms with Gasteiger partial charge in [0.15, 0.2) is 11.1 Å². The van der Waals surface area contributed by atoms with Crippen LogP contribution in [0, 0.1) is 0 Å². The maximum absolute atomic E-state index is 13.2. The van der Waals surface area contributed by atoms with E-state index in [1.807, 2.05) is 36.9 Å². The van der Waals surface area contributed by atoms with Crippen LogP contribution in [0.5, 0.6) is 5.88 Å². The number of aromatic amines is 2. The lowest BCUT2D eigenvalue weighted by atomic mass is 10.2. The Labute approximate surface area is 208 Å². The first-order chi connectivity index (χ1) is 17.3. The van der Waals surface area contributed by atoms with Gasteiger partial charge in [0.1, 0.15) is 5.69 Å². The molecule has 36 heavy (non-hydrogen) atoms. The molecule has 1 saturated heterocycles. The molecule has 186 valence electrons. The largest absolute Gasteiger partial charge is 0.493 e. The summed E-state index contributed by atoms with van der Waals surface area (Å²) in [6, 6.07) is 5.88. The predicted molar refractivity (Wildman–Crippen MR) is 133 cm³/mol. The molecule has 4 aromatic rings. The fraction of sp³-hybridized carbons (Fsp3) is 0.375. The zero-order chi connectivity index (χ0) is 25.0. The van der Waals surface area contributed by atoms with Crippen molar-refractivity contribution in [2.24, 2.45) is 4.99 Å². The van der Waals surface area contributed by atoms with E-state index in [9.17, 15) is 14.7 Å². The fourth-order valence-corrected chi connectivity index (χ4v) is 5.35. The minimum atomic E-state index is -0.506. The Morgan fingerprint density at radius 3 is 2.72 bits per heavy atom. The number of thiophene rings is 1. The van der Waals surface area contributed by atoms with E-state index in [0.717, 1.165) is 17.7 Å². The van der Waals surface area contributed by atoms with Crippen molar-refractivity contribution in [2.75, 3.05) is 13.1 Å². The van der Waals surface area contributed by atoms with Crippen LogP contribution >= 0.6 is 11.3 Å². The van der Waals surface area contributed by atoms with Gasteiger partial charge in [0, 0.05) is 24.4 Å². The van der Waals surface area contributed by atoms with Gasteiger partial charge in [-0.3, -0.25) is 14.8 Å². The van der Waals surface area contributed by atoms with E-state index in [-0.39, 0.29) is 35.7 Å². The number of nitrogens with zero attached hydrogens (tertiary/aromatic N) is 5. The molecule has 11 nitrogen and oxygen atoms in total. The summed E-state index contributed by atoms with van der Waals surface area (Å²) in [6.07, 6.45) is 5.29. The second-order valence-electron chi connectivity index (χ2n) is 9.31. The minimum Gasteiger partial charge on any atom is -0.493 e. The molecule has 12 heteroatoms. The van der Waals surface area contributed by atoms with E-state index in [2.05, 4.69) is 15.1 Å². The molecule has 6 rings (SSSR count). The number of carbonyl (C=O) groups excluding carboxylic acids is 1. The van der Waals surface area contributed by atoms with E-state index >= 15 is 0 Å². The van der Waals surface area contributed by atoms with Crippen molar-refractivity contribution in [3.8, 4) is 16.5 Å². The van der Waals surface area contributed by atoms with E-state index in [1.54, 1.807) is 16.8 Å². The number of imidazole rings is 1. The quantitative estimate of drug-likeness (QED) is 0.377. The molecule has 5 heterocycles. The van der Waals surface area contributed by atoms with Gasteiger partial charge in [-0.1, -0.05) is 0 Å². The number of nitrogens with one attached hydrogen (secondary N) is 2. The Hall–Kier alpha value is -3.77. The molecule has 2 atom stereocenters. The van der Waals surface area contributed by atoms with Crippen molar-refractivity contribution in [2.45, 2.75) is 44.9 Å². The molecule has 0 aromatic carbocycles. The van der Waals surface area contributed by atoms with Crippen LogP contribution in [-0.4, -0.2) is 71.8 Å². The van der Waals surface area contributed by atoms with Crippen LogP contribution in [0.3, 0.4) is 0 Å². The molecule has 2 fully saturated rings. The highest BCUT2D eigenvalue weighted by atomic mass is 32.1. The van der Waals surface area contributed by atoms with Gasteiger partial charge < -0.3 is 19.7 Å². The lowest BCUT2D eigenvalue weighted by Crippen LogP contribution is -2.48. The Bertz CT molecular complexity index is 1630. The molecule has 1 aliphatic heterocycles. The molecular formula is C24H25N7O4S. The number of carbonyl (C=O) groups is 1. The normalized spacial score (nSPS) is 21.6. The first-order valence-electron chi connectivity index (χ1n) is 11.8. The summed E-state index contributed by atoms with van der Waals surface area (Å²) in [5.74, 6) is -0.269. The number of hydrogen-bond acceptors (Lipinski definition) is 8. The summed E-state index contributed by atoms with van der Waals surface area (Å²) in [5, 5.41) is 15.0. The molecular weight excluding hydrogens is 482 g/mol. The van der Waals surface area contributed by atoms with Crippen molar-refractivity contribution < 1.29 is 14.6 Å². The SMILES string of the molecule is CC1CN(C(=O)c2ccc(-c3cc(=NC4CC4)n4nc/c(=C/c5[nH]c(=O)[nH]c5O)c4n3)s2)CC(C)O1. The Balaban J connectivity index is 1.42. The molecule has 0 spiro atoms. The summed E-state index contributed by atoms with van der Waals surface area (Å²) in [5.41, 5.74) is 1.61. The van der Waals surface area contributed by atoms with Gasteiger partial charge in [0.2, 0.25) is 5.88 Å².